The molecule has 1 N–H and O–H groups in total. The normalized spacial score (nSPS) is 38.2. The van der Waals surface area contributed by atoms with Gasteiger partial charge in [0, 0.05) is 11.5 Å². The van der Waals surface area contributed by atoms with Gasteiger partial charge in [0.2, 0.25) is 0 Å². The predicted octanol–water partition coefficient (Wildman–Crippen LogP) is 5.06. The van der Waals surface area contributed by atoms with Crippen LogP contribution >= 0.6 is 0 Å². The number of hydrogen-bond acceptors (Lipinski definition) is 2. The summed E-state index contributed by atoms with van der Waals surface area (Å²) in [6.07, 6.45) is 12.0. The van der Waals surface area contributed by atoms with Crippen LogP contribution in [0.1, 0.15) is 52.0 Å². The van der Waals surface area contributed by atoms with E-state index in [4.69, 9.17) is 4.42 Å². The second-order valence-electron chi connectivity index (χ2n) is 8.12. The average molecular weight is 300 g/mol. The molecule has 0 aromatic carbocycles. The molecule has 2 nitrogen and oxygen atoms in total. The fourth-order valence-corrected chi connectivity index (χ4v) is 5.05. The summed E-state index contributed by atoms with van der Waals surface area (Å²) in [4.78, 5) is 0. The lowest BCUT2D eigenvalue weighted by atomic mass is 9.47. The van der Waals surface area contributed by atoms with Crippen molar-refractivity contribution in [3.05, 3.63) is 42.4 Å². The summed E-state index contributed by atoms with van der Waals surface area (Å²) < 4.78 is 5.14. The lowest BCUT2D eigenvalue weighted by Gasteiger charge is -2.58. The molecule has 4 atom stereocenters. The summed E-state index contributed by atoms with van der Waals surface area (Å²) in [6, 6.07) is 1.96. The number of furan rings is 1. The lowest BCUT2D eigenvalue weighted by molar-refractivity contribution is -0.0697. The topological polar surface area (TPSA) is 33.4 Å². The monoisotopic (exact) mass is 300 g/mol. The summed E-state index contributed by atoms with van der Waals surface area (Å²) in [7, 11) is 0. The third-order valence-electron chi connectivity index (χ3n) is 6.30. The van der Waals surface area contributed by atoms with Crippen molar-refractivity contribution in [1.29, 1.82) is 0 Å². The second kappa shape index (κ2) is 5.42. The van der Waals surface area contributed by atoms with Crippen LogP contribution in [0.25, 0.3) is 6.08 Å². The fourth-order valence-electron chi connectivity index (χ4n) is 5.05. The third kappa shape index (κ3) is 2.48. The zero-order valence-electron chi connectivity index (χ0n) is 14.0. The summed E-state index contributed by atoms with van der Waals surface area (Å²) in [6.45, 7) is 11.4. The van der Waals surface area contributed by atoms with Crippen LogP contribution in [0, 0.1) is 22.7 Å². The van der Waals surface area contributed by atoms with Crippen LogP contribution in [-0.4, -0.2) is 11.2 Å². The molecule has 1 aromatic rings. The summed E-state index contributed by atoms with van der Waals surface area (Å²) >= 11 is 0. The standard InChI is InChI=1S/C20H28O2/c1-14-16(7-6-15-8-11-22-13-15)20(4)10-5-9-19(2,3)18(20)12-17(14)21/h6-8,11,13,16-18,21H,1,5,9-10,12H2,2-4H3/b7-6+/t16-,17+,18-,20+/m0/s1. The Kier molecular flexibility index (Phi) is 3.84. The second-order valence-corrected chi connectivity index (χ2v) is 8.12. The molecule has 3 rings (SSSR count). The lowest BCUT2D eigenvalue weighted by Crippen LogP contribution is -2.52. The van der Waals surface area contributed by atoms with Crippen molar-refractivity contribution in [2.75, 3.05) is 0 Å². The van der Waals surface area contributed by atoms with Crippen molar-refractivity contribution in [3.63, 3.8) is 0 Å². The van der Waals surface area contributed by atoms with E-state index in [0.717, 1.165) is 17.6 Å². The molecule has 0 unspecified atom stereocenters. The summed E-state index contributed by atoms with van der Waals surface area (Å²) in [5.74, 6) is 0.768. The zero-order chi connectivity index (χ0) is 16.0. The maximum atomic E-state index is 10.5. The van der Waals surface area contributed by atoms with Crippen molar-refractivity contribution >= 4 is 6.08 Å². The first-order valence-electron chi connectivity index (χ1n) is 8.42. The molecule has 0 radical (unpaired) electrons. The van der Waals surface area contributed by atoms with Gasteiger partial charge in [-0.3, -0.25) is 0 Å². The highest BCUT2D eigenvalue weighted by atomic mass is 16.3. The first-order valence-corrected chi connectivity index (χ1v) is 8.42. The first-order chi connectivity index (χ1) is 10.3. The fraction of sp³-hybridized carbons (Fsp3) is 0.600. The maximum absolute atomic E-state index is 10.5. The Balaban J connectivity index is 1.96. The Bertz CT molecular complexity index is 567. The van der Waals surface area contributed by atoms with E-state index in [9.17, 15) is 5.11 Å². The molecule has 1 aromatic heterocycles. The molecular weight excluding hydrogens is 272 g/mol. The minimum absolute atomic E-state index is 0.193. The molecule has 2 heteroatoms. The number of hydrogen-bond donors (Lipinski definition) is 1. The number of aliphatic hydroxyl groups excluding tert-OH is 1. The van der Waals surface area contributed by atoms with Gasteiger partial charge in [-0.15, -0.1) is 0 Å². The highest BCUT2D eigenvalue weighted by molar-refractivity contribution is 5.49. The summed E-state index contributed by atoms with van der Waals surface area (Å²) in [5, 5.41) is 10.5. The molecule has 0 amide bonds. The van der Waals surface area contributed by atoms with Crippen LogP contribution in [0.15, 0.2) is 41.2 Å². The SMILES string of the molecule is C=C1[C@H](O)C[C@H]2C(C)(C)CCC[C@]2(C)[C@H]1/C=C/c1ccoc1. The van der Waals surface area contributed by atoms with E-state index in [0.29, 0.717) is 5.92 Å². The molecule has 2 fully saturated rings. The zero-order valence-corrected chi connectivity index (χ0v) is 14.0. The maximum Gasteiger partial charge on any atom is 0.0974 e. The third-order valence-corrected chi connectivity index (χ3v) is 6.30. The van der Waals surface area contributed by atoms with Crippen molar-refractivity contribution in [2.45, 2.75) is 52.6 Å². The molecule has 0 spiro atoms. The molecule has 2 aliphatic carbocycles. The molecular formula is C20H28O2. The molecule has 0 bridgehead atoms. The predicted molar refractivity (Wildman–Crippen MR) is 90.2 cm³/mol. The summed E-state index contributed by atoms with van der Waals surface area (Å²) in [5.41, 5.74) is 2.54. The van der Waals surface area contributed by atoms with Gasteiger partial charge in [-0.05, 0) is 47.6 Å². The Hall–Kier alpha value is -1.28. The van der Waals surface area contributed by atoms with E-state index in [2.05, 4.69) is 39.5 Å². The van der Waals surface area contributed by atoms with Crippen LogP contribution in [0.2, 0.25) is 0 Å². The highest BCUT2D eigenvalue weighted by Crippen LogP contribution is 2.61. The van der Waals surface area contributed by atoms with Gasteiger partial charge in [-0.2, -0.15) is 0 Å². The van der Waals surface area contributed by atoms with Gasteiger partial charge >= 0.3 is 0 Å². The van der Waals surface area contributed by atoms with Gasteiger partial charge in [0.05, 0.1) is 18.6 Å². The molecule has 2 aliphatic rings. The van der Waals surface area contributed by atoms with E-state index in [1.54, 1.807) is 12.5 Å². The molecule has 1 heterocycles. The number of allylic oxidation sites excluding steroid dienone is 1. The highest BCUT2D eigenvalue weighted by Gasteiger charge is 2.54. The van der Waals surface area contributed by atoms with Gasteiger partial charge in [0.15, 0.2) is 0 Å². The van der Waals surface area contributed by atoms with Crippen molar-refractivity contribution < 1.29 is 9.52 Å². The quantitative estimate of drug-likeness (QED) is 0.774. The molecule has 0 saturated heterocycles. The Morgan fingerprint density at radius 2 is 2.09 bits per heavy atom. The van der Waals surface area contributed by atoms with Crippen molar-refractivity contribution in [2.24, 2.45) is 22.7 Å². The average Bonchev–Trinajstić information content (AvgIpc) is 2.94. The number of aliphatic hydroxyl groups is 1. The molecule has 0 aliphatic heterocycles. The minimum atomic E-state index is -0.380. The number of fused-ring (bicyclic) bond motifs is 1. The Morgan fingerprint density at radius 3 is 2.77 bits per heavy atom. The van der Waals surface area contributed by atoms with Gasteiger partial charge in [0.25, 0.3) is 0 Å². The van der Waals surface area contributed by atoms with Gasteiger partial charge in [-0.1, -0.05) is 45.9 Å². The van der Waals surface area contributed by atoms with Gasteiger partial charge in [0.1, 0.15) is 0 Å². The van der Waals surface area contributed by atoms with Crippen LogP contribution in [0.3, 0.4) is 0 Å². The largest absolute Gasteiger partial charge is 0.472 e. The van der Waals surface area contributed by atoms with Crippen molar-refractivity contribution in [1.82, 2.24) is 0 Å². The van der Waals surface area contributed by atoms with Crippen LogP contribution < -0.4 is 0 Å². The minimum Gasteiger partial charge on any atom is -0.472 e. The van der Waals surface area contributed by atoms with Gasteiger partial charge < -0.3 is 9.52 Å². The van der Waals surface area contributed by atoms with Crippen LogP contribution in [0.5, 0.6) is 0 Å². The number of rotatable bonds is 2. The van der Waals surface area contributed by atoms with E-state index in [1.807, 2.05) is 6.07 Å². The van der Waals surface area contributed by atoms with E-state index < -0.39 is 0 Å². The molecule has 120 valence electrons. The Labute approximate surface area is 133 Å². The van der Waals surface area contributed by atoms with Crippen LogP contribution in [-0.2, 0) is 0 Å². The van der Waals surface area contributed by atoms with Crippen molar-refractivity contribution in [3.8, 4) is 0 Å². The van der Waals surface area contributed by atoms with E-state index in [-0.39, 0.29) is 22.9 Å². The molecule has 22 heavy (non-hydrogen) atoms. The first kappa shape index (κ1) is 15.6. The van der Waals surface area contributed by atoms with Crippen LogP contribution in [0.4, 0.5) is 0 Å². The van der Waals surface area contributed by atoms with Gasteiger partial charge in [-0.25, -0.2) is 0 Å². The van der Waals surface area contributed by atoms with E-state index in [1.165, 1.54) is 19.3 Å². The Morgan fingerprint density at radius 1 is 1.32 bits per heavy atom. The van der Waals surface area contributed by atoms with E-state index >= 15 is 0 Å². The molecule has 2 saturated carbocycles. The smallest absolute Gasteiger partial charge is 0.0974 e.